The second-order valence-corrected chi connectivity index (χ2v) is 5.29. The maximum Gasteiger partial charge on any atom is 0.337 e. The molecule has 0 aromatic carbocycles. The lowest BCUT2D eigenvalue weighted by molar-refractivity contribution is 0.0695. The van der Waals surface area contributed by atoms with Crippen LogP contribution in [0.4, 0.5) is 0 Å². The van der Waals surface area contributed by atoms with Crippen LogP contribution in [-0.2, 0) is 0 Å². The monoisotopic (exact) mass is 268 g/mol. The van der Waals surface area contributed by atoms with Crippen LogP contribution in [0.2, 0.25) is 0 Å². The number of hydrogen-bond donors (Lipinski definition) is 3. The van der Waals surface area contributed by atoms with Crippen molar-refractivity contribution in [2.75, 3.05) is 13.2 Å². The van der Waals surface area contributed by atoms with Gasteiger partial charge in [-0.15, -0.1) is 0 Å². The first-order valence-corrected chi connectivity index (χ1v) is 6.03. The number of aromatic carboxylic acids is 1. The summed E-state index contributed by atoms with van der Waals surface area (Å²) in [7, 11) is 0. The Morgan fingerprint density at radius 3 is 2.63 bits per heavy atom. The maximum absolute atomic E-state index is 10.6. The predicted molar refractivity (Wildman–Crippen MR) is 70.5 cm³/mol. The van der Waals surface area contributed by atoms with Crippen molar-refractivity contribution < 1.29 is 19.7 Å². The fourth-order valence-corrected chi connectivity index (χ4v) is 1.26. The average molecular weight is 268 g/mol. The van der Waals surface area contributed by atoms with Crippen LogP contribution in [0.5, 0.6) is 5.88 Å². The van der Waals surface area contributed by atoms with Gasteiger partial charge < -0.3 is 20.3 Å². The first kappa shape index (κ1) is 15.4. The summed E-state index contributed by atoms with van der Waals surface area (Å²) < 4.78 is 5.27. The molecule has 0 saturated carbocycles. The molecule has 0 amide bonds. The van der Waals surface area contributed by atoms with Gasteiger partial charge in [-0.1, -0.05) is 0 Å². The summed E-state index contributed by atoms with van der Waals surface area (Å²) in [5, 5.41) is 21.6. The third-order valence-corrected chi connectivity index (χ3v) is 2.27. The van der Waals surface area contributed by atoms with Crippen LogP contribution >= 0.6 is 0 Å². The minimum atomic E-state index is -1.03. The number of pyridine rings is 1. The lowest BCUT2D eigenvalue weighted by Gasteiger charge is -2.22. The molecular formula is C13H20N2O4. The third kappa shape index (κ3) is 6.17. The maximum atomic E-state index is 10.6. The minimum Gasteiger partial charge on any atom is -0.478 e. The highest BCUT2D eigenvalue weighted by Crippen LogP contribution is 2.08. The first-order chi connectivity index (χ1) is 8.78. The van der Waals surface area contributed by atoms with Gasteiger partial charge in [-0.2, -0.15) is 0 Å². The Morgan fingerprint density at radius 2 is 2.16 bits per heavy atom. The van der Waals surface area contributed by atoms with E-state index < -0.39 is 12.1 Å². The molecular weight excluding hydrogens is 248 g/mol. The highest BCUT2D eigenvalue weighted by Gasteiger charge is 2.13. The molecule has 1 atom stereocenters. The standard InChI is InChI=1S/C13H20N2O4/c1-13(2,3)15-7-10(16)8-19-11-5-4-9(6-14-11)12(17)18/h4-6,10,15-16H,7-8H2,1-3H3,(H,17,18). The molecule has 0 spiro atoms. The summed E-state index contributed by atoms with van der Waals surface area (Å²) in [5.41, 5.74) is 0.0323. The largest absolute Gasteiger partial charge is 0.478 e. The summed E-state index contributed by atoms with van der Waals surface area (Å²) in [6.45, 7) is 6.53. The van der Waals surface area contributed by atoms with Gasteiger partial charge in [0.15, 0.2) is 0 Å². The number of hydrogen-bond acceptors (Lipinski definition) is 5. The zero-order chi connectivity index (χ0) is 14.5. The van der Waals surface area contributed by atoms with Gasteiger partial charge in [0.05, 0.1) is 5.56 Å². The van der Waals surface area contributed by atoms with Crippen molar-refractivity contribution in [1.29, 1.82) is 0 Å². The van der Waals surface area contributed by atoms with Crippen LogP contribution in [-0.4, -0.2) is 46.0 Å². The van der Waals surface area contributed by atoms with E-state index in [9.17, 15) is 9.90 Å². The normalized spacial score (nSPS) is 13.1. The van der Waals surface area contributed by atoms with E-state index in [4.69, 9.17) is 9.84 Å². The Morgan fingerprint density at radius 1 is 1.47 bits per heavy atom. The molecule has 19 heavy (non-hydrogen) atoms. The van der Waals surface area contributed by atoms with Crippen LogP contribution in [0, 0.1) is 0 Å². The first-order valence-electron chi connectivity index (χ1n) is 6.03. The summed E-state index contributed by atoms with van der Waals surface area (Å²) in [6, 6.07) is 2.87. The minimum absolute atomic E-state index is 0.0671. The SMILES string of the molecule is CC(C)(C)NCC(O)COc1ccc(C(=O)O)cn1. The molecule has 0 aliphatic rings. The molecule has 1 aromatic rings. The third-order valence-electron chi connectivity index (χ3n) is 2.27. The van der Waals surface area contributed by atoms with Gasteiger partial charge in [-0.05, 0) is 26.8 Å². The highest BCUT2D eigenvalue weighted by atomic mass is 16.5. The van der Waals surface area contributed by atoms with Crippen LogP contribution in [0.3, 0.4) is 0 Å². The van der Waals surface area contributed by atoms with Crippen LogP contribution in [0.15, 0.2) is 18.3 Å². The van der Waals surface area contributed by atoms with Crippen molar-refractivity contribution in [2.24, 2.45) is 0 Å². The van der Waals surface area contributed by atoms with Gasteiger partial charge in [0, 0.05) is 24.3 Å². The number of carbonyl (C=O) groups is 1. The topological polar surface area (TPSA) is 91.7 Å². The van der Waals surface area contributed by atoms with Gasteiger partial charge >= 0.3 is 5.97 Å². The molecule has 106 valence electrons. The van der Waals surface area contributed by atoms with E-state index in [1.165, 1.54) is 18.3 Å². The Balaban J connectivity index is 2.37. The second kappa shape index (κ2) is 6.49. The van der Waals surface area contributed by atoms with E-state index in [1.54, 1.807) is 0 Å². The fraction of sp³-hybridized carbons (Fsp3) is 0.538. The lowest BCUT2D eigenvalue weighted by atomic mass is 10.1. The number of carboxylic acids is 1. The number of aliphatic hydroxyl groups excluding tert-OH is 1. The van der Waals surface area contributed by atoms with E-state index in [0.29, 0.717) is 12.4 Å². The number of aromatic nitrogens is 1. The molecule has 6 nitrogen and oxygen atoms in total. The van der Waals surface area contributed by atoms with Crippen LogP contribution in [0.1, 0.15) is 31.1 Å². The number of nitrogens with zero attached hydrogens (tertiary/aromatic N) is 1. The summed E-state index contributed by atoms with van der Waals surface area (Å²) in [6.07, 6.45) is 0.567. The van der Waals surface area contributed by atoms with Crippen molar-refractivity contribution in [1.82, 2.24) is 10.3 Å². The van der Waals surface area contributed by atoms with Gasteiger partial charge in [0.1, 0.15) is 12.7 Å². The van der Waals surface area contributed by atoms with Crippen molar-refractivity contribution in [3.63, 3.8) is 0 Å². The van der Waals surface area contributed by atoms with Crippen LogP contribution in [0.25, 0.3) is 0 Å². The second-order valence-electron chi connectivity index (χ2n) is 5.29. The molecule has 1 heterocycles. The number of aliphatic hydroxyl groups is 1. The smallest absolute Gasteiger partial charge is 0.337 e. The average Bonchev–Trinajstić information content (AvgIpc) is 2.33. The number of nitrogens with one attached hydrogen (secondary N) is 1. The molecule has 1 unspecified atom stereocenters. The van der Waals surface area contributed by atoms with Gasteiger partial charge in [0.25, 0.3) is 0 Å². The van der Waals surface area contributed by atoms with Crippen LogP contribution < -0.4 is 10.1 Å². The molecule has 1 rings (SSSR count). The molecule has 0 aliphatic heterocycles. The zero-order valence-electron chi connectivity index (χ0n) is 11.4. The Bertz CT molecular complexity index is 412. The summed E-state index contributed by atoms with van der Waals surface area (Å²) >= 11 is 0. The Hall–Kier alpha value is -1.66. The molecule has 1 aromatic heterocycles. The molecule has 0 radical (unpaired) electrons. The van der Waals surface area contributed by atoms with Crippen molar-refractivity contribution in [2.45, 2.75) is 32.4 Å². The van der Waals surface area contributed by atoms with Gasteiger partial charge in [0.2, 0.25) is 5.88 Å². The van der Waals surface area contributed by atoms with E-state index in [0.717, 1.165) is 0 Å². The van der Waals surface area contributed by atoms with Gasteiger partial charge in [-0.3, -0.25) is 0 Å². The number of ether oxygens (including phenoxy) is 1. The molecule has 0 saturated heterocycles. The zero-order valence-corrected chi connectivity index (χ0v) is 11.4. The number of carboxylic acid groups (broad SMARTS) is 1. The number of rotatable bonds is 6. The van der Waals surface area contributed by atoms with E-state index in [1.807, 2.05) is 20.8 Å². The Kier molecular flexibility index (Phi) is 5.26. The lowest BCUT2D eigenvalue weighted by Crippen LogP contribution is -2.42. The molecule has 0 aliphatic carbocycles. The van der Waals surface area contributed by atoms with E-state index in [2.05, 4.69) is 10.3 Å². The molecule has 0 bridgehead atoms. The van der Waals surface area contributed by atoms with Crippen molar-refractivity contribution >= 4 is 5.97 Å². The number of β-amino-alcohol motifs (C(OH)–C–C–N with tert-alkyl or cyclic N) is 1. The fourth-order valence-electron chi connectivity index (χ4n) is 1.26. The molecule has 6 heteroatoms. The molecule has 3 N–H and O–H groups in total. The summed E-state index contributed by atoms with van der Waals surface area (Å²) in [5.74, 6) is -0.742. The summed E-state index contributed by atoms with van der Waals surface area (Å²) in [4.78, 5) is 14.5. The quantitative estimate of drug-likeness (QED) is 0.710. The molecule has 0 fully saturated rings. The van der Waals surface area contributed by atoms with E-state index >= 15 is 0 Å². The van der Waals surface area contributed by atoms with E-state index in [-0.39, 0.29) is 17.7 Å². The highest BCUT2D eigenvalue weighted by molar-refractivity contribution is 5.87. The Labute approximate surface area is 112 Å². The van der Waals surface area contributed by atoms with Crippen molar-refractivity contribution in [3.05, 3.63) is 23.9 Å². The van der Waals surface area contributed by atoms with Gasteiger partial charge in [-0.25, -0.2) is 9.78 Å². The predicted octanol–water partition coefficient (Wildman–Crippen LogP) is 0.908. The van der Waals surface area contributed by atoms with Crippen molar-refractivity contribution in [3.8, 4) is 5.88 Å².